The van der Waals surface area contributed by atoms with Gasteiger partial charge in [0.2, 0.25) is 0 Å². The molecule has 0 saturated heterocycles. The summed E-state index contributed by atoms with van der Waals surface area (Å²) in [5.41, 5.74) is 8.34. The van der Waals surface area contributed by atoms with Gasteiger partial charge in [-0.25, -0.2) is 4.63 Å². The maximum atomic E-state index is 10.8. The van der Waals surface area contributed by atoms with E-state index in [1.807, 2.05) is 24.3 Å². The van der Waals surface area contributed by atoms with Gasteiger partial charge in [0.25, 0.3) is 0 Å². The van der Waals surface area contributed by atoms with Crippen molar-refractivity contribution in [1.29, 1.82) is 0 Å². The molecule has 3 aliphatic carbocycles. The van der Waals surface area contributed by atoms with Crippen LogP contribution in [0.4, 0.5) is 0 Å². The molecule has 2 saturated carbocycles. The van der Waals surface area contributed by atoms with Crippen molar-refractivity contribution in [3.63, 3.8) is 0 Å². The summed E-state index contributed by atoms with van der Waals surface area (Å²) < 4.78 is 10.2. The van der Waals surface area contributed by atoms with Gasteiger partial charge >= 0.3 is 0 Å². The van der Waals surface area contributed by atoms with E-state index in [9.17, 15) is 10.2 Å². The van der Waals surface area contributed by atoms with Crippen LogP contribution in [0, 0.1) is 17.3 Å². The van der Waals surface area contributed by atoms with E-state index in [0.717, 1.165) is 48.1 Å². The standard InChI is InChI=1S/C26H29N3O5/c1-26-8-7-15-16-12-24(32-2)23(30)11-18(16)21(10-17(15)19(26)4-6-25(26)31)27-33-13-14-3-5-20-22(9-14)29-34-28-20/h3,5,9-12,15,17,19,25,27,30-31H,4,6-8,13H2,1-2H3/t15-,17-,19+,25-,26+/m1/s1. The Hall–Kier alpha value is -3.10. The summed E-state index contributed by atoms with van der Waals surface area (Å²) in [7, 11) is 1.58. The Labute approximate surface area is 197 Å². The molecule has 1 aromatic heterocycles. The van der Waals surface area contributed by atoms with E-state index < -0.39 is 0 Å². The Balaban J connectivity index is 1.31. The van der Waals surface area contributed by atoms with Gasteiger partial charge in [0, 0.05) is 5.56 Å². The van der Waals surface area contributed by atoms with E-state index in [-0.39, 0.29) is 23.2 Å². The average Bonchev–Trinajstić information content (AvgIpc) is 3.42. The predicted octanol–water partition coefficient (Wildman–Crippen LogP) is 4.28. The van der Waals surface area contributed by atoms with Crippen LogP contribution in [-0.4, -0.2) is 33.7 Å². The summed E-state index contributed by atoms with van der Waals surface area (Å²) in [6, 6.07) is 9.39. The molecule has 1 heterocycles. The molecular weight excluding hydrogens is 434 g/mol. The largest absolute Gasteiger partial charge is 0.504 e. The first-order valence-corrected chi connectivity index (χ1v) is 11.9. The summed E-state index contributed by atoms with van der Waals surface area (Å²) in [4.78, 5) is 5.92. The monoisotopic (exact) mass is 463 g/mol. The SMILES string of the molecule is COc1cc2c(cc1O)C(NOCc1ccc3nonc3c1)=C[C@@H]1[C@@H]2CC[C@]2(C)[C@H](O)CC[C@@H]12. The van der Waals surface area contributed by atoms with E-state index in [0.29, 0.717) is 35.2 Å². The highest BCUT2D eigenvalue weighted by molar-refractivity contribution is 5.74. The molecule has 2 aromatic carbocycles. The minimum atomic E-state index is -0.254. The molecule has 3 N–H and O–H groups in total. The molecule has 2 fully saturated rings. The maximum Gasteiger partial charge on any atom is 0.160 e. The van der Waals surface area contributed by atoms with Crippen molar-refractivity contribution in [2.24, 2.45) is 17.3 Å². The summed E-state index contributed by atoms with van der Waals surface area (Å²) >= 11 is 0. The lowest BCUT2D eigenvalue weighted by atomic mass is 9.56. The van der Waals surface area contributed by atoms with Gasteiger partial charge in [-0.1, -0.05) is 19.1 Å². The lowest BCUT2D eigenvalue weighted by Crippen LogP contribution is -2.43. The quantitative estimate of drug-likeness (QED) is 0.481. The number of methoxy groups -OCH3 is 1. The molecule has 3 aliphatic rings. The third-order valence-electron chi connectivity index (χ3n) is 8.42. The highest BCUT2D eigenvalue weighted by Gasteiger charge is 2.54. The van der Waals surface area contributed by atoms with Crippen LogP contribution in [0.5, 0.6) is 11.5 Å². The Morgan fingerprint density at radius 2 is 2.00 bits per heavy atom. The van der Waals surface area contributed by atoms with Gasteiger partial charge in [-0.3, -0.25) is 10.3 Å². The van der Waals surface area contributed by atoms with Gasteiger partial charge in [-0.15, -0.1) is 0 Å². The number of rotatable bonds is 5. The first-order chi connectivity index (χ1) is 16.5. The normalized spacial score (nSPS) is 29.8. The summed E-state index contributed by atoms with van der Waals surface area (Å²) in [5.74, 6) is 1.58. The summed E-state index contributed by atoms with van der Waals surface area (Å²) in [6.07, 6.45) is 5.85. The van der Waals surface area contributed by atoms with Crippen molar-refractivity contribution in [3.8, 4) is 11.5 Å². The van der Waals surface area contributed by atoms with Gasteiger partial charge in [0.15, 0.2) is 11.5 Å². The van der Waals surface area contributed by atoms with Gasteiger partial charge in [0.1, 0.15) is 11.0 Å². The van der Waals surface area contributed by atoms with Crippen LogP contribution < -0.4 is 10.2 Å². The lowest BCUT2D eigenvalue weighted by molar-refractivity contribution is -0.00877. The molecule has 0 amide bonds. The number of hydrogen-bond acceptors (Lipinski definition) is 8. The Bertz CT molecular complexity index is 1270. The predicted molar refractivity (Wildman–Crippen MR) is 125 cm³/mol. The van der Waals surface area contributed by atoms with E-state index in [4.69, 9.17) is 14.2 Å². The number of nitrogens with one attached hydrogen (secondary N) is 1. The number of benzene rings is 2. The second kappa shape index (κ2) is 7.99. The topological polar surface area (TPSA) is 110 Å². The number of hydroxylamine groups is 1. The molecule has 0 bridgehead atoms. The van der Waals surface area contributed by atoms with Crippen molar-refractivity contribution in [2.45, 2.75) is 51.2 Å². The number of phenolic OH excluding ortho intramolecular Hbond substituents is 1. The van der Waals surface area contributed by atoms with Crippen molar-refractivity contribution in [2.75, 3.05) is 7.11 Å². The van der Waals surface area contributed by atoms with Crippen LogP contribution in [0.2, 0.25) is 0 Å². The van der Waals surface area contributed by atoms with E-state index in [1.54, 1.807) is 13.2 Å². The smallest absolute Gasteiger partial charge is 0.160 e. The van der Waals surface area contributed by atoms with Gasteiger partial charge in [0.05, 0.1) is 25.5 Å². The molecule has 3 aromatic rings. The third kappa shape index (κ3) is 3.27. The minimum Gasteiger partial charge on any atom is -0.504 e. The molecule has 0 radical (unpaired) electrons. The van der Waals surface area contributed by atoms with Crippen molar-refractivity contribution in [1.82, 2.24) is 15.8 Å². The molecule has 0 unspecified atom stereocenters. The number of phenols is 1. The van der Waals surface area contributed by atoms with Crippen LogP contribution >= 0.6 is 0 Å². The fourth-order valence-corrected chi connectivity index (χ4v) is 6.54. The van der Waals surface area contributed by atoms with Crippen molar-refractivity contribution in [3.05, 3.63) is 53.1 Å². The number of ether oxygens (including phenoxy) is 1. The Morgan fingerprint density at radius 1 is 1.15 bits per heavy atom. The van der Waals surface area contributed by atoms with Gasteiger partial charge in [-0.2, -0.15) is 0 Å². The van der Waals surface area contributed by atoms with Crippen LogP contribution in [0.25, 0.3) is 16.7 Å². The van der Waals surface area contributed by atoms with Gasteiger partial charge in [-0.05, 0) is 94.6 Å². The maximum absolute atomic E-state index is 10.8. The number of aromatic nitrogens is 2. The van der Waals surface area contributed by atoms with Crippen LogP contribution in [0.15, 0.2) is 41.0 Å². The van der Waals surface area contributed by atoms with E-state index in [2.05, 4.69) is 28.8 Å². The molecule has 0 aliphatic heterocycles. The highest BCUT2D eigenvalue weighted by atomic mass is 16.6. The number of aliphatic hydroxyl groups excluding tert-OH is 1. The second-order valence-electron chi connectivity index (χ2n) is 10.1. The first-order valence-electron chi connectivity index (χ1n) is 11.9. The summed E-state index contributed by atoms with van der Waals surface area (Å²) in [5, 5.41) is 29.0. The second-order valence-corrected chi connectivity index (χ2v) is 10.1. The zero-order valence-corrected chi connectivity index (χ0v) is 19.3. The van der Waals surface area contributed by atoms with E-state index >= 15 is 0 Å². The molecule has 8 heteroatoms. The number of fused-ring (bicyclic) bond motifs is 6. The molecule has 178 valence electrons. The first kappa shape index (κ1) is 21.4. The molecular formula is C26H29N3O5. The van der Waals surface area contributed by atoms with E-state index in [1.165, 1.54) is 0 Å². The number of aromatic hydroxyl groups is 1. The number of allylic oxidation sites excluding steroid dienone is 1. The average molecular weight is 464 g/mol. The Kier molecular flexibility index (Phi) is 5.04. The molecule has 0 spiro atoms. The third-order valence-corrected chi connectivity index (χ3v) is 8.42. The minimum absolute atomic E-state index is 0.0663. The van der Waals surface area contributed by atoms with Crippen LogP contribution in [-0.2, 0) is 11.4 Å². The van der Waals surface area contributed by atoms with Crippen molar-refractivity contribution >= 4 is 16.7 Å². The number of nitrogens with zero attached hydrogens (tertiary/aromatic N) is 2. The molecule has 8 nitrogen and oxygen atoms in total. The van der Waals surface area contributed by atoms with Crippen molar-refractivity contribution < 1.29 is 24.4 Å². The van der Waals surface area contributed by atoms with Gasteiger partial charge < -0.3 is 14.9 Å². The molecule has 5 atom stereocenters. The fourth-order valence-electron chi connectivity index (χ4n) is 6.54. The highest BCUT2D eigenvalue weighted by Crippen LogP contribution is 2.61. The molecule has 6 rings (SSSR count). The zero-order chi connectivity index (χ0) is 23.4. The number of hydrogen-bond donors (Lipinski definition) is 3. The zero-order valence-electron chi connectivity index (χ0n) is 19.3. The lowest BCUT2D eigenvalue weighted by Gasteiger charge is -2.49. The summed E-state index contributed by atoms with van der Waals surface area (Å²) in [6.45, 7) is 2.57. The fraction of sp³-hybridized carbons (Fsp3) is 0.462. The number of aliphatic hydroxyl groups is 1. The van der Waals surface area contributed by atoms with Crippen LogP contribution in [0.3, 0.4) is 0 Å². The van der Waals surface area contributed by atoms with Crippen LogP contribution in [0.1, 0.15) is 55.2 Å². The molecule has 34 heavy (non-hydrogen) atoms. The Morgan fingerprint density at radius 3 is 2.85 bits per heavy atom.